The van der Waals surface area contributed by atoms with Crippen LogP contribution in [0.3, 0.4) is 0 Å². The highest BCUT2D eigenvalue weighted by Gasteiger charge is 2.16. The molecule has 0 spiro atoms. The van der Waals surface area contributed by atoms with Crippen molar-refractivity contribution in [3.8, 4) is 6.07 Å². The predicted molar refractivity (Wildman–Crippen MR) is 64.8 cm³/mol. The number of anilines is 1. The van der Waals surface area contributed by atoms with Gasteiger partial charge in [0.15, 0.2) is 5.58 Å². The van der Waals surface area contributed by atoms with Crippen molar-refractivity contribution in [1.82, 2.24) is 4.57 Å². The average molecular weight is 231 g/mol. The van der Waals surface area contributed by atoms with Gasteiger partial charge in [0, 0.05) is 12.7 Å². The van der Waals surface area contributed by atoms with E-state index in [9.17, 15) is 4.79 Å². The molecule has 0 amide bonds. The number of hydrogen-bond donors (Lipinski definition) is 1. The van der Waals surface area contributed by atoms with Gasteiger partial charge in [0.1, 0.15) is 5.54 Å². The Bertz CT molecular complexity index is 658. The van der Waals surface area contributed by atoms with Crippen molar-refractivity contribution in [2.45, 2.75) is 19.4 Å². The average Bonchev–Trinajstić information content (AvgIpc) is 2.55. The number of fused-ring (bicyclic) bond motifs is 1. The van der Waals surface area contributed by atoms with Gasteiger partial charge in [-0.1, -0.05) is 0 Å². The van der Waals surface area contributed by atoms with Gasteiger partial charge in [0.25, 0.3) is 0 Å². The first-order chi connectivity index (χ1) is 7.93. The summed E-state index contributed by atoms with van der Waals surface area (Å²) in [6, 6.07) is 7.44. The van der Waals surface area contributed by atoms with Gasteiger partial charge in [0.2, 0.25) is 0 Å². The van der Waals surface area contributed by atoms with Crippen LogP contribution in [-0.4, -0.2) is 10.1 Å². The molecule has 0 aliphatic heterocycles. The van der Waals surface area contributed by atoms with Gasteiger partial charge >= 0.3 is 5.76 Å². The fourth-order valence-corrected chi connectivity index (χ4v) is 1.59. The van der Waals surface area contributed by atoms with Crippen molar-refractivity contribution in [3.05, 3.63) is 28.7 Å². The summed E-state index contributed by atoms with van der Waals surface area (Å²) in [5.74, 6) is -0.392. The van der Waals surface area contributed by atoms with Crippen molar-refractivity contribution < 1.29 is 4.42 Å². The van der Waals surface area contributed by atoms with E-state index in [0.717, 1.165) is 5.69 Å². The van der Waals surface area contributed by atoms with E-state index in [-0.39, 0.29) is 0 Å². The molecule has 0 unspecified atom stereocenters. The number of rotatable bonds is 2. The molecule has 1 aromatic carbocycles. The Morgan fingerprint density at radius 1 is 1.47 bits per heavy atom. The highest BCUT2D eigenvalue weighted by atomic mass is 16.4. The van der Waals surface area contributed by atoms with Gasteiger partial charge in [-0.15, -0.1) is 0 Å². The standard InChI is InChI=1S/C12H13N3O2/c1-12(2,7-13)14-8-4-5-10-9(6-8)15(3)11(16)17-10/h4-6,14H,1-3H3. The summed E-state index contributed by atoms with van der Waals surface area (Å²) in [5, 5.41) is 12.0. The smallest absolute Gasteiger partial charge is 0.408 e. The molecule has 2 aromatic rings. The number of aromatic nitrogens is 1. The first kappa shape index (κ1) is 11.3. The maximum atomic E-state index is 11.3. The van der Waals surface area contributed by atoms with E-state index in [1.165, 1.54) is 4.57 Å². The van der Waals surface area contributed by atoms with Gasteiger partial charge < -0.3 is 9.73 Å². The van der Waals surface area contributed by atoms with Gasteiger partial charge in [0.05, 0.1) is 11.6 Å². The number of oxazole rings is 1. The summed E-state index contributed by atoms with van der Waals surface area (Å²) in [7, 11) is 1.65. The molecule has 0 bridgehead atoms. The van der Waals surface area contributed by atoms with Crippen LogP contribution in [0.4, 0.5) is 5.69 Å². The van der Waals surface area contributed by atoms with Crippen LogP contribution >= 0.6 is 0 Å². The maximum absolute atomic E-state index is 11.3. The van der Waals surface area contributed by atoms with Crippen LogP contribution in [0.2, 0.25) is 0 Å². The first-order valence-corrected chi connectivity index (χ1v) is 5.22. The molecule has 0 aliphatic carbocycles. The third-order valence-electron chi connectivity index (χ3n) is 2.53. The quantitative estimate of drug-likeness (QED) is 0.856. The lowest BCUT2D eigenvalue weighted by Crippen LogP contribution is -2.28. The lowest BCUT2D eigenvalue weighted by molar-refractivity contribution is 0.528. The minimum Gasteiger partial charge on any atom is -0.408 e. The Morgan fingerprint density at radius 3 is 2.82 bits per heavy atom. The van der Waals surface area contributed by atoms with E-state index in [4.69, 9.17) is 9.68 Å². The molecular formula is C12H13N3O2. The van der Waals surface area contributed by atoms with E-state index >= 15 is 0 Å². The summed E-state index contributed by atoms with van der Waals surface area (Å²) in [5.41, 5.74) is 1.36. The Kier molecular flexibility index (Phi) is 2.43. The minimum atomic E-state index is -0.656. The summed E-state index contributed by atoms with van der Waals surface area (Å²) >= 11 is 0. The number of nitrogens with zero attached hydrogens (tertiary/aromatic N) is 2. The lowest BCUT2D eigenvalue weighted by Gasteiger charge is -2.18. The Labute approximate surface area is 98.3 Å². The Hall–Kier alpha value is -2.22. The molecule has 1 aromatic heterocycles. The molecule has 88 valence electrons. The second-order valence-corrected chi connectivity index (χ2v) is 4.47. The SMILES string of the molecule is Cn1c(=O)oc2ccc(NC(C)(C)C#N)cc21. The topological polar surface area (TPSA) is 71.0 Å². The van der Waals surface area contributed by atoms with Crippen LogP contribution in [0.25, 0.3) is 11.1 Å². The van der Waals surface area contributed by atoms with Gasteiger partial charge in [-0.3, -0.25) is 4.57 Å². The molecular weight excluding hydrogens is 218 g/mol. The minimum absolute atomic E-state index is 0.392. The third kappa shape index (κ3) is 2.02. The predicted octanol–water partition coefficient (Wildman–Crippen LogP) is 1.85. The number of aryl methyl sites for hydroxylation is 1. The van der Waals surface area contributed by atoms with E-state index in [1.54, 1.807) is 39.1 Å². The Balaban J connectivity index is 2.49. The van der Waals surface area contributed by atoms with Crippen molar-refractivity contribution in [2.24, 2.45) is 7.05 Å². The third-order valence-corrected chi connectivity index (χ3v) is 2.53. The van der Waals surface area contributed by atoms with Crippen LogP contribution in [0.1, 0.15) is 13.8 Å². The van der Waals surface area contributed by atoms with Gasteiger partial charge in [-0.05, 0) is 32.0 Å². The highest BCUT2D eigenvalue weighted by molar-refractivity contribution is 5.77. The number of benzene rings is 1. The molecule has 0 saturated carbocycles. The molecule has 0 fully saturated rings. The van der Waals surface area contributed by atoms with Crippen molar-refractivity contribution in [2.75, 3.05) is 5.32 Å². The second kappa shape index (κ2) is 3.67. The van der Waals surface area contributed by atoms with E-state index in [0.29, 0.717) is 11.1 Å². The van der Waals surface area contributed by atoms with Crippen LogP contribution in [0.15, 0.2) is 27.4 Å². The van der Waals surface area contributed by atoms with E-state index in [1.807, 2.05) is 0 Å². The second-order valence-electron chi connectivity index (χ2n) is 4.47. The zero-order chi connectivity index (χ0) is 12.6. The Morgan fingerprint density at radius 2 is 2.18 bits per heavy atom. The van der Waals surface area contributed by atoms with Crippen LogP contribution in [-0.2, 0) is 7.05 Å². The fraction of sp³-hybridized carbons (Fsp3) is 0.333. The zero-order valence-electron chi connectivity index (χ0n) is 9.94. The molecule has 5 nitrogen and oxygen atoms in total. The van der Waals surface area contributed by atoms with Crippen molar-refractivity contribution >= 4 is 16.8 Å². The molecule has 1 heterocycles. The van der Waals surface area contributed by atoms with Crippen molar-refractivity contribution in [3.63, 3.8) is 0 Å². The normalized spacial score (nSPS) is 11.4. The van der Waals surface area contributed by atoms with Gasteiger partial charge in [-0.2, -0.15) is 5.26 Å². The molecule has 0 saturated heterocycles. The summed E-state index contributed by atoms with van der Waals surface area (Å²) in [6.45, 7) is 3.57. The molecule has 17 heavy (non-hydrogen) atoms. The molecule has 1 N–H and O–H groups in total. The largest absolute Gasteiger partial charge is 0.419 e. The van der Waals surface area contributed by atoms with Crippen molar-refractivity contribution in [1.29, 1.82) is 5.26 Å². The lowest BCUT2D eigenvalue weighted by atomic mass is 10.1. The molecule has 5 heteroatoms. The zero-order valence-corrected chi connectivity index (χ0v) is 9.94. The van der Waals surface area contributed by atoms with Gasteiger partial charge in [-0.25, -0.2) is 4.79 Å². The molecule has 0 aliphatic rings. The molecule has 2 rings (SSSR count). The summed E-state index contributed by atoms with van der Waals surface area (Å²) < 4.78 is 6.46. The monoisotopic (exact) mass is 231 g/mol. The number of nitriles is 1. The maximum Gasteiger partial charge on any atom is 0.419 e. The fourth-order valence-electron chi connectivity index (χ4n) is 1.59. The van der Waals surface area contributed by atoms with E-state index in [2.05, 4.69) is 11.4 Å². The highest BCUT2D eigenvalue weighted by Crippen LogP contribution is 2.20. The van der Waals surface area contributed by atoms with E-state index < -0.39 is 11.3 Å². The summed E-state index contributed by atoms with van der Waals surface area (Å²) in [4.78, 5) is 11.3. The number of hydrogen-bond acceptors (Lipinski definition) is 4. The first-order valence-electron chi connectivity index (χ1n) is 5.22. The van der Waals surface area contributed by atoms with Crippen LogP contribution < -0.4 is 11.1 Å². The van der Waals surface area contributed by atoms with Crippen LogP contribution in [0, 0.1) is 11.3 Å². The molecule has 0 atom stereocenters. The van der Waals surface area contributed by atoms with Crippen LogP contribution in [0.5, 0.6) is 0 Å². The summed E-state index contributed by atoms with van der Waals surface area (Å²) in [6.07, 6.45) is 0. The number of nitrogens with one attached hydrogen (secondary N) is 1. The molecule has 0 radical (unpaired) electrons.